The molecule has 0 aliphatic carbocycles. The molecule has 0 aromatic heterocycles. The second kappa shape index (κ2) is 4.27. The molecule has 74 valence electrons. The number of benzene rings is 1. The second-order valence-electron chi connectivity index (χ2n) is 2.84. The van der Waals surface area contributed by atoms with Crippen molar-refractivity contribution in [2.75, 3.05) is 6.54 Å². The van der Waals surface area contributed by atoms with Gasteiger partial charge in [-0.1, -0.05) is 23.6 Å². The van der Waals surface area contributed by atoms with Crippen molar-refractivity contribution < 1.29 is 8.42 Å². The molecule has 0 spiro atoms. The van der Waals surface area contributed by atoms with Crippen molar-refractivity contribution in [2.24, 2.45) is 0 Å². The van der Waals surface area contributed by atoms with Crippen LogP contribution in [0.3, 0.4) is 0 Å². The maximum atomic E-state index is 11.5. The third kappa shape index (κ3) is 2.59. The van der Waals surface area contributed by atoms with Gasteiger partial charge < -0.3 is 0 Å². The van der Waals surface area contributed by atoms with Crippen LogP contribution in [0.2, 0.25) is 0 Å². The number of hydrogen-bond acceptors (Lipinski definition) is 2. The smallest absolute Gasteiger partial charge is 0.207 e. The van der Waals surface area contributed by atoms with Gasteiger partial charge in [-0.25, -0.2) is 8.42 Å². The molecule has 0 saturated heterocycles. The fourth-order valence-corrected chi connectivity index (χ4v) is 1.87. The zero-order valence-electron chi connectivity index (χ0n) is 7.82. The highest BCUT2D eigenvalue weighted by molar-refractivity contribution is 7.89. The Kier molecular flexibility index (Phi) is 3.28. The van der Waals surface area contributed by atoms with Gasteiger partial charge in [-0.3, -0.25) is 0 Å². The normalized spacial score (nSPS) is 10.9. The minimum atomic E-state index is -3.43. The summed E-state index contributed by atoms with van der Waals surface area (Å²) in [5, 5.41) is 0. The molecule has 0 atom stereocenters. The minimum Gasteiger partial charge on any atom is -0.207 e. The van der Waals surface area contributed by atoms with Gasteiger partial charge in [0.25, 0.3) is 0 Å². The van der Waals surface area contributed by atoms with E-state index in [2.05, 4.69) is 10.6 Å². The van der Waals surface area contributed by atoms with Crippen LogP contribution in [0.5, 0.6) is 0 Å². The van der Waals surface area contributed by atoms with Crippen LogP contribution >= 0.6 is 0 Å². The van der Waals surface area contributed by atoms with Gasteiger partial charge in [-0.2, -0.15) is 4.72 Å². The van der Waals surface area contributed by atoms with Crippen LogP contribution in [0.25, 0.3) is 0 Å². The van der Waals surface area contributed by atoms with E-state index in [0.717, 1.165) is 5.56 Å². The lowest BCUT2D eigenvalue weighted by Gasteiger charge is -2.03. The standard InChI is InChI=1S/C10H11NO2S/c1-3-8-11-14(12,13)10-6-4-9(2)5-7-10/h1,4-7,11H,8H2,2H3. The molecule has 14 heavy (non-hydrogen) atoms. The van der Waals surface area contributed by atoms with E-state index >= 15 is 0 Å². The molecular formula is C10H11NO2S. The Balaban J connectivity index is 2.94. The van der Waals surface area contributed by atoms with E-state index in [1.54, 1.807) is 24.3 Å². The highest BCUT2D eigenvalue weighted by Gasteiger charge is 2.11. The fourth-order valence-electron chi connectivity index (χ4n) is 0.937. The summed E-state index contributed by atoms with van der Waals surface area (Å²) in [4.78, 5) is 0.235. The predicted octanol–water partition coefficient (Wildman–Crippen LogP) is 0.907. The molecule has 0 aliphatic heterocycles. The molecule has 0 unspecified atom stereocenters. The zero-order chi connectivity index (χ0) is 10.6. The predicted molar refractivity (Wildman–Crippen MR) is 55.2 cm³/mol. The van der Waals surface area contributed by atoms with Crippen LogP contribution in [0, 0.1) is 19.3 Å². The second-order valence-corrected chi connectivity index (χ2v) is 4.61. The summed E-state index contributed by atoms with van der Waals surface area (Å²) in [5.74, 6) is 2.21. The van der Waals surface area contributed by atoms with E-state index in [-0.39, 0.29) is 11.4 Å². The van der Waals surface area contributed by atoms with Crippen molar-refractivity contribution in [2.45, 2.75) is 11.8 Å². The number of aryl methyl sites for hydroxylation is 1. The zero-order valence-corrected chi connectivity index (χ0v) is 8.64. The Morgan fingerprint density at radius 2 is 1.93 bits per heavy atom. The Morgan fingerprint density at radius 1 is 1.36 bits per heavy atom. The first-order valence-electron chi connectivity index (χ1n) is 4.06. The summed E-state index contributed by atoms with van der Waals surface area (Å²) in [6.45, 7) is 1.90. The van der Waals surface area contributed by atoms with Gasteiger partial charge in [0.05, 0.1) is 11.4 Å². The molecule has 0 amide bonds. The first kappa shape index (κ1) is 10.8. The summed E-state index contributed by atoms with van der Waals surface area (Å²) in [5.41, 5.74) is 1.01. The van der Waals surface area contributed by atoms with Crippen LogP contribution in [-0.4, -0.2) is 15.0 Å². The van der Waals surface area contributed by atoms with E-state index in [1.165, 1.54) is 0 Å². The number of hydrogen-bond donors (Lipinski definition) is 1. The summed E-state index contributed by atoms with van der Waals surface area (Å²) >= 11 is 0. The summed E-state index contributed by atoms with van der Waals surface area (Å²) in [6, 6.07) is 6.58. The van der Waals surface area contributed by atoms with Gasteiger partial charge in [0.15, 0.2) is 0 Å². The average molecular weight is 209 g/mol. The highest BCUT2D eigenvalue weighted by Crippen LogP contribution is 2.09. The van der Waals surface area contributed by atoms with Gasteiger partial charge in [0.1, 0.15) is 0 Å². The molecule has 0 aliphatic rings. The molecule has 1 rings (SSSR count). The molecule has 0 bridgehead atoms. The Morgan fingerprint density at radius 3 is 2.43 bits per heavy atom. The van der Waals surface area contributed by atoms with Gasteiger partial charge in [0.2, 0.25) is 10.0 Å². The molecular weight excluding hydrogens is 198 g/mol. The quantitative estimate of drug-likeness (QED) is 0.752. The first-order valence-corrected chi connectivity index (χ1v) is 5.54. The number of sulfonamides is 1. The van der Waals surface area contributed by atoms with Crippen molar-refractivity contribution in [3.63, 3.8) is 0 Å². The molecule has 0 saturated carbocycles. The van der Waals surface area contributed by atoms with Crippen molar-refractivity contribution >= 4 is 10.0 Å². The topological polar surface area (TPSA) is 46.2 Å². The van der Waals surface area contributed by atoms with E-state index in [1.807, 2.05) is 6.92 Å². The highest BCUT2D eigenvalue weighted by atomic mass is 32.2. The van der Waals surface area contributed by atoms with Gasteiger partial charge >= 0.3 is 0 Å². The van der Waals surface area contributed by atoms with Crippen molar-refractivity contribution in [3.05, 3.63) is 29.8 Å². The fraction of sp³-hybridized carbons (Fsp3) is 0.200. The Labute approximate surface area is 84.2 Å². The van der Waals surface area contributed by atoms with Crippen LogP contribution < -0.4 is 4.72 Å². The lowest BCUT2D eigenvalue weighted by molar-refractivity contribution is 0.586. The summed E-state index contributed by atoms with van der Waals surface area (Å²) < 4.78 is 25.3. The van der Waals surface area contributed by atoms with Crippen molar-refractivity contribution in [1.82, 2.24) is 4.72 Å². The number of rotatable bonds is 3. The molecule has 1 N–H and O–H groups in total. The molecule has 0 radical (unpaired) electrons. The lowest BCUT2D eigenvalue weighted by atomic mass is 10.2. The van der Waals surface area contributed by atoms with E-state index in [0.29, 0.717) is 0 Å². The van der Waals surface area contributed by atoms with Gasteiger partial charge in [-0.05, 0) is 19.1 Å². The van der Waals surface area contributed by atoms with Crippen LogP contribution in [0.4, 0.5) is 0 Å². The van der Waals surface area contributed by atoms with E-state index in [9.17, 15) is 8.42 Å². The molecule has 0 heterocycles. The van der Waals surface area contributed by atoms with Crippen molar-refractivity contribution in [1.29, 1.82) is 0 Å². The largest absolute Gasteiger partial charge is 0.241 e. The number of nitrogens with one attached hydrogen (secondary N) is 1. The summed E-state index contributed by atoms with van der Waals surface area (Å²) in [6.07, 6.45) is 4.96. The van der Waals surface area contributed by atoms with Crippen LogP contribution in [0.1, 0.15) is 5.56 Å². The third-order valence-electron chi connectivity index (χ3n) is 1.70. The third-order valence-corrected chi connectivity index (χ3v) is 3.11. The van der Waals surface area contributed by atoms with Gasteiger partial charge in [0, 0.05) is 0 Å². The van der Waals surface area contributed by atoms with E-state index < -0.39 is 10.0 Å². The molecule has 0 fully saturated rings. The maximum absolute atomic E-state index is 11.5. The van der Waals surface area contributed by atoms with Crippen molar-refractivity contribution in [3.8, 4) is 12.3 Å². The monoisotopic (exact) mass is 209 g/mol. The summed E-state index contributed by atoms with van der Waals surface area (Å²) in [7, 11) is -3.43. The molecule has 1 aromatic carbocycles. The Bertz CT molecular complexity index is 440. The Hall–Kier alpha value is -1.31. The number of terminal acetylenes is 1. The minimum absolute atomic E-state index is 0.0101. The average Bonchev–Trinajstić information content (AvgIpc) is 2.16. The molecule has 1 aromatic rings. The lowest BCUT2D eigenvalue weighted by Crippen LogP contribution is -2.23. The first-order chi connectivity index (χ1) is 6.56. The van der Waals surface area contributed by atoms with Crippen LogP contribution in [0.15, 0.2) is 29.2 Å². The van der Waals surface area contributed by atoms with Gasteiger partial charge in [-0.15, -0.1) is 6.42 Å². The molecule has 4 heteroatoms. The van der Waals surface area contributed by atoms with Crippen LogP contribution in [-0.2, 0) is 10.0 Å². The van der Waals surface area contributed by atoms with E-state index in [4.69, 9.17) is 6.42 Å². The maximum Gasteiger partial charge on any atom is 0.241 e. The molecule has 3 nitrogen and oxygen atoms in total. The SMILES string of the molecule is C#CCNS(=O)(=O)c1ccc(C)cc1.